The first kappa shape index (κ1) is 27.6. The van der Waals surface area contributed by atoms with Gasteiger partial charge in [0.1, 0.15) is 18.4 Å². The largest absolute Gasteiger partial charge is 0.350 e. The Labute approximate surface area is 205 Å². The van der Waals surface area contributed by atoms with Gasteiger partial charge in [-0.3, -0.25) is 13.9 Å². The molecule has 0 spiro atoms. The molecule has 2 amide bonds. The zero-order valence-electron chi connectivity index (χ0n) is 20.2. The molecule has 0 aliphatic carbocycles. The van der Waals surface area contributed by atoms with Gasteiger partial charge in [-0.25, -0.2) is 12.8 Å². The van der Waals surface area contributed by atoms with E-state index in [1.807, 2.05) is 20.8 Å². The topological polar surface area (TPSA) is 86.8 Å². The quantitative estimate of drug-likeness (QED) is 0.582. The number of carbonyl (C=O) groups is 2. The molecule has 0 radical (unpaired) electrons. The molecule has 2 rings (SSSR count). The first-order valence-electron chi connectivity index (χ1n) is 10.7. The van der Waals surface area contributed by atoms with Gasteiger partial charge in [0.05, 0.1) is 11.9 Å². The number of hydrogen-bond donors (Lipinski definition) is 1. The zero-order valence-corrected chi connectivity index (χ0v) is 21.8. The zero-order chi connectivity index (χ0) is 25.8. The van der Waals surface area contributed by atoms with Crippen LogP contribution in [-0.4, -0.2) is 49.5 Å². The summed E-state index contributed by atoms with van der Waals surface area (Å²) in [5, 5.41) is 3.20. The van der Waals surface area contributed by atoms with Gasteiger partial charge in [-0.2, -0.15) is 0 Å². The molecule has 1 N–H and O–H groups in total. The molecule has 0 saturated carbocycles. The summed E-state index contributed by atoms with van der Waals surface area (Å²) in [7, 11) is -3.86. The van der Waals surface area contributed by atoms with E-state index in [1.54, 1.807) is 32.0 Å². The monoisotopic (exact) mass is 511 g/mol. The molecule has 186 valence electrons. The molecule has 0 aliphatic heterocycles. The van der Waals surface area contributed by atoms with Crippen molar-refractivity contribution in [3.63, 3.8) is 0 Å². The number of amides is 2. The van der Waals surface area contributed by atoms with Gasteiger partial charge >= 0.3 is 0 Å². The van der Waals surface area contributed by atoms with Gasteiger partial charge in [0.2, 0.25) is 21.8 Å². The lowest BCUT2D eigenvalue weighted by Gasteiger charge is -2.33. The van der Waals surface area contributed by atoms with Crippen molar-refractivity contribution in [1.29, 1.82) is 0 Å². The summed E-state index contributed by atoms with van der Waals surface area (Å²) in [6, 6.07) is 9.42. The Hall–Kier alpha value is -2.65. The van der Waals surface area contributed by atoms with Crippen LogP contribution in [0.4, 0.5) is 10.1 Å². The van der Waals surface area contributed by atoms with Crippen LogP contribution in [0, 0.1) is 12.7 Å². The molecule has 1 atom stereocenters. The molecule has 10 heteroatoms. The number of sulfonamides is 1. The van der Waals surface area contributed by atoms with E-state index in [0.29, 0.717) is 16.1 Å². The van der Waals surface area contributed by atoms with Crippen LogP contribution in [0.1, 0.15) is 38.8 Å². The molecule has 2 aromatic carbocycles. The third kappa shape index (κ3) is 7.43. The minimum absolute atomic E-state index is 0.00995. The molecule has 0 unspecified atom stereocenters. The number of halogens is 2. The number of benzene rings is 2. The number of nitrogens with zero attached hydrogens (tertiary/aromatic N) is 2. The van der Waals surface area contributed by atoms with Crippen molar-refractivity contribution in [1.82, 2.24) is 10.2 Å². The number of hydrogen-bond acceptors (Lipinski definition) is 4. The third-order valence-corrected chi connectivity index (χ3v) is 6.65. The normalized spacial score (nSPS) is 12.7. The van der Waals surface area contributed by atoms with Crippen molar-refractivity contribution in [3.05, 3.63) is 64.4 Å². The molecule has 0 fully saturated rings. The van der Waals surface area contributed by atoms with Gasteiger partial charge in [0.25, 0.3) is 0 Å². The van der Waals surface area contributed by atoms with E-state index in [4.69, 9.17) is 11.6 Å². The Bertz CT molecular complexity index is 1150. The number of rotatable bonds is 8. The van der Waals surface area contributed by atoms with Crippen molar-refractivity contribution in [2.24, 2.45) is 0 Å². The van der Waals surface area contributed by atoms with Crippen molar-refractivity contribution in [3.8, 4) is 0 Å². The van der Waals surface area contributed by atoms with E-state index in [9.17, 15) is 22.4 Å². The van der Waals surface area contributed by atoms with E-state index in [1.165, 1.54) is 29.2 Å². The molecule has 0 aliphatic rings. The van der Waals surface area contributed by atoms with Crippen LogP contribution in [0.5, 0.6) is 0 Å². The second kappa shape index (κ2) is 10.7. The molecule has 34 heavy (non-hydrogen) atoms. The van der Waals surface area contributed by atoms with E-state index >= 15 is 0 Å². The number of nitrogens with one attached hydrogen (secondary N) is 1. The molecule has 0 saturated heterocycles. The number of carbonyl (C=O) groups excluding carboxylic acids is 2. The number of anilines is 1. The highest BCUT2D eigenvalue weighted by molar-refractivity contribution is 7.92. The van der Waals surface area contributed by atoms with E-state index < -0.39 is 45.8 Å². The summed E-state index contributed by atoms with van der Waals surface area (Å²) < 4.78 is 39.6. The lowest BCUT2D eigenvalue weighted by atomic mass is 10.1. The summed E-state index contributed by atoms with van der Waals surface area (Å²) in [5.74, 6) is -1.42. The third-order valence-electron chi connectivity index (χ3n) is 5.12. The lowest BCUT2D eigenvalue weighted by Crippen LogP contribution is -2.54. The Balaban J connectivity index is 2.44. The van der Waals surface area contributed by atoms with Gasteiger partial charge in [0.15, 0.2) is 0 Å². The summed E-state index contributed by atoms with van der Waals surface area (Å²) in [5.41, 5.74) is 0.838. The average molecular weight is 512 g/mol. The van der Waals surface area contributed by atoms with Crippen LogP contribution in [0.25, 0.3) is 0 Å². The highest BCUT2D eigenvalue weighted by Gasteiger charge is 2.31. The van der Waals surface area contributed by atoms with Crippen LogP contribution < -0.4 is 9.62 Å². The molecular weight excluding hydrogens is 481 g/mol. The van der Waals surface area contributed by atoms with E-state index in [-0.39, 0.29) is 12.2 Å². The Morgan fingerprint density at radius 3 is 2.24 bits per heavy atom. The van der Waals surface area contributed by atoms with Gasteiger partial charge in [-0.1, -0.05) is 29.8 Å². The van der Waals surface area contributed by atoms with Crippen molar-refractivity contribution < 1.29 is 22.4 Å². The maximum atomic E-state index is 13.5. The van der Waals surface area contributed by atoms with Crippen LogP contribution in [-0.2, 0) is 26.2 Å². The van der Waals surface area contributed by atoms with Gasteiger partial charge in [0, 0.05) is 17.1 Å². The fourth-order valence-electron chi connectivity index (χ4n) is 3.30. The molecule has 7 nitrogen and oxygen atoms in total. The van der Waals surface area contributed by atoms with Crippen LogP contribution in [0.15, 0.2) is 42.5 Å². The van der Waals surface area contributed by atoms with Gasteiger partial charge < -0.3 is 10.2 Å². The summed E-state index contributed by atoms with van der Waals surface area (Å²) in [4.78, 5) is 27.7. The van der Waals surface area contributed by atoms with Gasteiger partial charge in [-0.05, 0) is 70.0 Å². The first-order valence-corrected chi connectivity index (χ1v) is 12.9. The van der Waals surface area contributed by atoms with Crippen LogP contribution in [0.3, 0.4) is 0 Å². The van der Waals surface area contributed by atoms with Crippen molar-refractivity contribution in [2.75, 3.05) is 17.1 Å². The van der Waals surface area contributed by atoms with Crippen LogP contribution in [0.2, 0.25) is 5.02 Å². The Morgan fingerprint density at radius 1 is 1.12 bits per heavy atom. The summed E-state index contributed by atoms with van der Waals surface area (Å²) in [6.45, 7) is 8.14. The summed E-state index contributed by atoms with van der Waals surface area (Å²) in [6.07, 6.45) is 1.00. The molecular formula is C24H31ClFN3O4S. The molecule has 0 aromatic heterocycles. The average Bonchev–Trinajstić information content (AvgIpc) is 2.71. The van der Waals surface area contributed by atoms with Crippen molar-refractivity contribution in [2.45, 2.75) is 52.7 Å². The molecule has 2 aromatic rings. The van der Waals surface area contributed by atoms with E-state index in [0.717, 1.165) is 10.6 Å². The fourth-order valence-corrected chi connectivity index (χ4v) is 4.37. The maximum absolute atomic E-state index is 13.5. The standard InChI is InChI=1S/C24H31ClFN3O4S/c1-16-20(25)8-7-9-21(16)29(34(6,32)33)15-22(30)28(14-18-10-12-19(26)13-11-18)17(2)23(31)27-24(3,4)5/h7-13,17H,14-15H2,1-6H3,(H,27,31)/t17-/m0/s1. The van der Waals surface area contributed by atoms with Crippen LogP contribution >= 0.6 is 11.6 Å². The lowest BCUT2D eigenvalue weighted by molar-refractivity contribution is -0.140. The predicted molar refractivity (Wildman–Crippen MR) is 133 cm³/mol. The highest BCUT2D eigenvalue weighted by Crippen LogP contribution is 2.28. The Kier molecular flexibility index (Phi) is 8.71. The maximum Gasteiger partial charge on any atom is 0.244 e. The van der Waals surface area contributed by atoms with E-state index in [2.05, 4.69) is 5.32 Å². The second-order valence-corrected chi connectivity index (χ2v) is 11.5. The minimum Gasteiger partial charge on any atom is -0.350 e. The molecule has 0 bridgehead atoms. The second-order valence-electron chi connectivity index (χ2n) is 9.22. The highest BCUT2D eigenvalue weighted by atomic mass is 35.5. The predicted octanol–water partition coefficient (Wildman–Crippen LogP) is 3.89. The van der Waals surface area contributed by atoms with Crippen molar-refractivity contribution >= 4 is 39.1 Å². The summed E-state index contributed by atoms with van der Waals surface area (Å²) >= 11 is 6.18. The SMILES string of the molecule is Cc1c(Cl)cccc1N(CC(=O)N(Cc1ccc(F)cc1)[C@@H](C)C(=O)NC(C)(C)C)S(C)(=O)=O. The Morgan fingerprint density at radius 2 is 1.71 bits per heavy atom. The first-order chi connectivity index (χ1) is 15.6. The minimum atomic E-state index is -3.86. The van der Waals surface area contributed by atoms with Gasteiger partial charge in [-0.15, -0.1) is 0 Å². The fraction of sp³-hybridized carbons (Fsp3) is 0.417. The smallest absolute Gasteiger partial charge is 0.244 e. The molecule has 0 heterocycles.